The van der Waals surface area contributed by atoms with Crippen LogP contribution in [0.5, 0.6) is 0 Å². The lowest BCUT2D eigenvalue weighted by atomic mass is 10.1. The number of aliphatic carboxylic acids is 1. The van der Waals surface area contributed by atoms with E-state index in [1.54, 1.807) is 0 Å². The van der Waals surface area contributed by atoms with E-state index in [1.165, 1.54) is 18.2 Å². The van der Waals surface area contributed by atoms with Gasteiger partial charge < -0.3 is 5.11 Å². The molecule has 110 valence electrons. The Labute approximate surface area is 117 Å². The first-order chi connectivity index (χ1) is 9.58. The van der Waals surface area contributed by atoms with Gasteiger partial charge in [-0.2, -0.15) is 0 Å². The summed E-state index contributed by atoms with van der Waals surface area (Å²) in [6, 6.07) is 4.05. The number of benzene rings is 1. The summed E-state index contributed by atoms with van der Waals surface area (Å²) >= 11 is 0. The number of carboxylic acid groups (broad SMARTS) is 1. The van der Waals surface area contributed by atoms with E-state index in [4.69, 9.17) is 5.11 Å². The van der Waals surface area contributed by atoms with Gasteiger partial charge in [0.1, 0.15) is 11.6 Å². The van der Waals surface area contributed by atoms with Crippen LogP contribution in [0, 0.1) is 11.6 Å². The molecule has 1 fully saturated rings. The molecular weight excluding hydrogens is 264 g/mol. The highest BCUT2D eigenvalue weighted by atomic mass is 19.1. The fraction of sp³-hybridized carbons (Fsp3) is 0.533. The summed E-state index contributed by atoms with van der Waals surface area (Å²) < 4.78 is 27.4. The first-order valence-electron chi connectivity index (χ1n) is 6.96. The third-order valence-electron chi connectivity index (χ3n) is 3.88. The summed E-state index contributed by atoms with van der Waals surface area (Å²) in [4.78, 5) is 12.6. The van der Waals surface area contributed by atoms with E-state index < -0.39 is 17.6 Å². The second kappa shape index (κ2) is 6.79. The van der Waals surface area contributed by atoms with Crippen molar-refractivity contribution >= 4 is 5.97 Å². The first-order valence-corrected chi connectivity index (χ1v) is 6.96. The Morgan fingerprint density at radius 1 is 1.25 bits per heavy atom. The normalized spacial score (nSPS) is 15.9. The van der Waals surface area contributed by atoms with Crippen molar-refractivity contribution in [1.29, 1.82) is 0 Å². The van der Waals surface area contributed by atoms with Crippen molar-refractivity contribution in [2.75, 3.05) is 6.54 Å². The summed E-state index contributed by atoms with van der Waals surface area (Å²) in [6.07, 6.45) is 4.11. The molecule has 0 heterocycles. The van der Waals surface area contributed by atoms with Gasteiger partial charge in [-0.05, 0) is 25.0 Å². The lowest BCUT2D eigenvalue weighted by Crippen LogP contribution is -2.35. The Morgan fingerprint density at radius 3 is 2.40 bits per heavy atom. The zero-order chi connectivity index (χ0) is 14.5. The van der Waals surface area contributed by atoms with Crippen molar-refractivity contribution in [3.63, 3.8) is 0 Å². The van der Waals surface area contributed by atoms with Gasteiger partial charge in [0.25, 0.3) is 0 Å². The molecular formula is C15H19F2NO2. The predicted molar refractivity (Wildman–Crippen MR) is 71.3 cm³/mol. The number of nitrogens with zero attached hydrogens (tertiary/aromatic N) is 1. The van der Waals surface area contributed by atoms with Crippen LogP contribution in [0.3, 0.4) is 0 Å². The quantitative estimate of drug-likeness (QED) is 0.871. The maximum absolute atomic E-state index is 13.7. The fourth-order valence-corrected chi connectivity index (χ4v) is 2.79. The van der Waals surface area contributed by atoms with Crippen LogP contribution in [0.25, 0.3) is 0 Å². The molecule has 0 amide bonds. The zero-order valence-electron chi connectivity index (χ0n) is 11.3. The Morgan fingerprint density at radius 2 is 1.85 bits per heavy atom. The molecule has 20 heavy (non-hydrogen) atoms. The van der Waals surface area contributed by atoms with Gasteiger partial charge in [0.05, 0.1) is 6.42 Å². The van der Waals surface area contributed by atoms with E-state index in [0.717, 1.165) is 25.7 Å². The average Bonchev–Trinajstić information content (AvgIpc) is 2.91. The summed E-state index contributed by atoms with van der Waals surface area (Å²) in [6.45, 7) is 0.463. The summed E-state index contributed by atoms with van der Waals surface area (Å²) in [5.41, 5.74) is 0.0322. The van der Waals surface area contributed by atoms with Crippen molar-refractivity contribution in [3.8, 4) is 0 Å². The fourth-order valence-electron chi connectivity index (χ4n) is 2.79. The highest BCUT2D eigenvalue weighted by molar-refractivity contribution is 5.66. The minimum Gasteiger partial charge on any atom is -0.481 e. The van der Waals surface area contributed by atoms with Gasteiger partial charge in [0.2, 0.25) is 0 Å². The molecule has 2 rings (SSSR count). The van der Waals surface area contributed by atoms with E-state index in [0.29, 0.717) is 6.54 Å². The average molecular weight is 283 g/mol. The zero-order valence-corrected chi connectivity index (χ0v) is 11.3. The summed E-state index contributed by atoms with van der Waals surface area (Å²) in [7, 11) is 0. The number of carboxylic acids is 1. The molecule has 5 heteroatoms. The van der Waals surface area contributed by atoms with Gasteiger partial charge in [-0.15, -0.1) is 0 Å². The molecule has 1 aromatic rings. The molecule has 1 aromatic carbocycles. The van der Waals surface area contributed by atoms with Gasteiger partial charge in [-0.25, -0.2) is 8.78 Å². The van der Waals surface area contributed by atoms with Crippen LogP contribution in [0.2, 0.25) is 0 Å². The van der Waals surface area contributed by atoms with Crippen LogP contribution >= 0.6 is 0 Å². The van der Waals surface area contributed by atoms with Crippen molar-refractivity contribution in [2.24, 2.45) is 0 Å². The van der Waals surface area contributed by atoms with E-state index >= 15 is 0 Å². The van der Waals surface area contributed by atoms with Gasteiger partial charge in [0.15, 0.2) is 0 Å². The van der Waals surface area contributed by atoms with E-state index in [2.05, 4.69) is 0 Å². The second-order valence-corrected chi connectivity index (χ2v) is 5.25. The smallest absolute Gasteiger partial charge is 0.304 e. The molecule has 0 saturated heterocycles. The highest BCUT2D eigenvalue weighted by Crippen LogP contribution is 2.26. The Kier molecular flexibility index (Phi) is 5.06. The molecule has 0 spiro atoms. The lowest BCUT2D eigenvalue weighted by Gasteiger charge is -2.28. The van der Waals surface area contributed by atoms with Crippen LogP contribution < -0.4 is 0 Å². The van der Waals surface area contributed by atoms with E-state index in [-0.39, 0.29) is 24.6 Å². The molecule has 1 aliphatic carbocycles. The Bertz CT molecular complexity index is 453. The Balaban J connectivity index is 2.11. The SMILES string of the molecule is O=C(O)CCN(Cc1c(F)cccc1F)C1CCCC1. The monoisotopic (exact) mass is 283 g/mol. The maximum atomic E-state index is 13.7. The maximum Gasteiger partial charge on any atom is 0.304 e. The van der Waals surface area contributed by atoms with Crippen molar-refractivity contribution in [2.45, 2.75) is 44.7 Å². The molecule has 0 atom stereocenters. The van der Waals surface area contributed by atoms with Gasteiger partial charge in [0, 0.05) is 24.7 Å². The third kappa shape index (κ3) is 3.76. The molecule has 0 aliphatic heterocycles. The standard InChI is InChI=1S/C15H19F2NO2/c16-13-6-3-7-14(17)12(13)10-18(9-8-15(19)20)11-4-1-2-5-11/h3,6-7,11H,1-2,4-5,8-10H2,(H,19,20). The number of halogens is 2. The predicted octanol–water partition coefficient (Wildman–Crippen LogP) is 3.18. The van der Waals surface area contributed by atoms with Crippen LogP contribution in [0.1, 0.15) is 37.7 Å². The number of rotatable bonds is 6. The van der Waals surface area contributed by atoms with Gasteiger partial charge in [-0.1, -0.05) is 18.9 Å². The highest BCUT2D eigenvalue weighted by Gasteiger charge is 2.24. The minimum absolute atomic E-state index is 0.00737. The molecule has 0 aromatic heterocycles. The van der Waals surface area contributed by atoms with Crippen LogP contribution in [0.15, 0.2) is 18.2 Å². The van der Waals surface area contributed by atoms with E-state index in [1.807, 2.05) is 4.90 Å². The number of hydrogen-bond donors (Lipinski definition) is 1. The molecule has 1 N–H and O–H groups in total. The van der Waals surface area contributed by atoms with Crippen LogP contribution in [-0.4, -0.2) is 28.6 Å². The Hall–Kier alpha value is -1.49. The van der Waals surface area contributed by atoms with Gasteiger partial charge in [-0.3, -0.25) is 9.69 Å². The number of carbonyl (C=O) groups is 1. The van der Waals surface area contributed by atoms with Crippen LogP contribution in [0.4, 0.5) is 8.78 Å². The number of hydrogen-bond acceptors (Lipinski definition) is 2. The third-order valence-corrected chi connectivity index (χ3v) is 3.88. The lowest BCUT2D eigenvalue weighted by molar-refractivity contribution is -0.137. The molecule has 0 unspecified atom stereocenters. The first kappa shape index (κ1) is 14.9. The molecule has 0 bridgehead atoms. The summed E-state index contributed by atoms with van der Waals surface area (Å²) in [5.74, 6) is -2.02. The molecule has 1 saturated carbocycles. The molecule has 0 radical (unpaired) electrons. The molecule has 3 nitrogen and oxygen atoms in total. The van der Waals surface area contributed by atoms with E-state index in [9.17, 15) is 13.6 Å². The van der Waals surface area contributed by atoms with Crippen molar-refractivity contribution < 1.29 is 18.7 Å². The van der Waals surface area contributed by atoms with Gasteiger partial charge >= 0.3 is 5.97 Å². The topological polar surface area (TPSA) is 40.5 Å². The van der Waals surface area contributed by atoms with Crippen molar-refractivity contribution in [1.82, 2.24) is 4.90 Å². The summed E-state index contributed by atoms with van der Waals surface area (Å²) in [5, 5.41) is 8.81. The minimum atomic E-state index is -0.887. The molecule has 1 aliphatic rings. The largest absolute Gasteiger partial charge is 0.481 e. The van der Waals surface area contributed by atoms with Crippen molar-refractivity contribution in [3.05, 3.63) is 35.4 Å². The second-order valence-electron chi connectivity index (χ2n) is 5.25. The van der Waals surface area contributed by atoms with Crippen LogP contribution in [-0.2, 0) is 11.3 Å².